The first kappa shape index (κ1) is 15.4. The van der Waals surface area contributed by atoms with Gasteiger partial charge in [0.2, 0.25) is 0 Å². The standard InChI is InChI=1S/C15H12ClF2NO2/c16-10-4-5-13(20)9(6-10)7-19-8-14(21)15-11(17)2-1-3-12(15)18/h1-7,14,20-21H,8H2. The highest BCUT2D eigenvalue weighted by Crippen LogP contribution is 2.22. The quantitative estimate of drug-likeness (QED) is 0.849. The van der Waals surface area contributed by atoms with Gasteiger partial charge in [0.15, 0.2) is 0 Å². The van der Waals surface area contributed by atoms with Crippen molar-refractivity contribution in [2.45, 2.75) is 6.10 Å². The molecule has 0 aliphatic rings. The molecule has 0 spiro atoms. The van der Waals surface area contributed by atoms with Crippen molar-refractivity contribution in [3.8, 4) is 5.75 Å². The van der Waals surface area contributed by atoms with Crippen LogP contribution in [0.2, 0.25) is 5.02 Å². The van der Waals surface area contributed by atoms with Crippen LogP contribution in [0.15, 0.2) is 41.4 Å². The van der Waals surface area contributed by atoms with E-state index in [2.05, 4.69) is 4.99 Å². The molecule has 0 heterocycles. The summed E-state index contributed by atoms with van der Waals surface area (Å²) in [7, 11) is 0. The van der Waals surface area contributed by atoms with Gasteiger partial charge in [-0.3, -0.25) is 4.99 Å². The summed E-state index contributed by atoms with van der Waals surface area (Å²) in [6.07, 6.45) is -0.132. The molecule has 2 aromatic carbocycles. The molecule has 3 nitrogen and oxygen atoms in total. The van der Waals surface area contributed by atoms with E-state index in [-0.39, 0.29) is 12.3 Å². The number of phenolic OH excluding ortho intramolecular Hbond substituents is 1. The summed E-state index contributed by atoms with van der Waals surface area (Å²) < 4.78 is 26.9. The van der Waals surface area contributed by atoms with Crippen molar-refractivity contribution in [3.05, 3.63) is 64.2 Å². The first-order valence-corrected chi connectivity index (χ1v) is 6.47. The SMILES string of the molecule is Oc1ccc(Cl)cc1C=NCC(O)c1c(F)cccc1F. The fraction of sp³-hybridized carbons (Fsp3) is 0.133. The molecule has 0 fully saturated rings. The largest absolute Gasteiger partial charge is 0.507 e. The van der Waals surface area contributed by atoms with Gasteiger partial charge in [0, 0.05) is 16.8 Å². The first-order chi connectivity index (χ1) is 9.99. The Morgan fingerprint density at radius 2 is 1.86 bits per heavy atom. The normalized spacial score (nSPS) is 12.8. The van der Waals surface area contributed by atoms with Gasteiger partial charge in [-0.2, -0.15) is 0 Å². The van der Waals surface area contributed by atoms with Gasteiger partial charge in [0.25, 0.3) is 0 Å². The predicted octanol–water partition coefficient (Wildman–Crippen LogP) is 3.48. The maximum atomic E-state index is 13.5. The number of phenols is 1. The highest BCUT2D eigenvalue weighted by atomic mass is 35.5. The van der Waals surface area contributed by atoms with Gasteiger partial charge in [-0.05, 0) is 30.3 Å². The molecular weight excluding hydrogens is 300 g/mol. The summed E-state index contributed by atoms with van der Waals surface area (Å²) in [6, 6.07) is 7.74. The van der Waals surface area contributed by atoms with Crippen LogP contribution in [-0.4, -0.2) is 23.0 Å². The Morgan fingerprint density at radius 3 is 2.52 bits per heavy atom. The number of rotatable bonds is 4. The molecule has 6 heteroatoms. The predicted molar refractivity (Wildman–Crippen MR) is 76.9 cm³/mol. The fourth-order valence-corrected chi connectivity index (χ4v) is 1.98. The van der Waals surface area contributed by atoms with Crippen LogP contribution < -0.4 is 0 Å². The van der Waals surface area contributed by atoms with Gasteiger partial charge in [0.1, 0.15) is 23.5 Å². The minimum atomic E-state index is -1.41. The van der Waals surface area contributed by atoms with Gasteiger partial charge in [-0.25, -0.2) is 8.78 Å². The van der Waals surface area contributed by atoms with Crippen molar-refractivity contribution in [1.29, 1.82) is 0 Å². The van der Waals surface area contributed by atoms with E-state index in [0.717, 1.165) is 12.1 Å². The van der Waals surface area contributed by atoms with Crippen molar-refractivity contribution < 1.29 is 19.0 Å². The number of hydrogen-bond acceptors (Lipinski definition) is 3. The Labute approximate surface area is 125 Å². The molecule has 0 saturated carbocycles. The van der Waals surface area contributed by atoms with Gasteiger partial charge in [-0.15, -0.1) is 0 Å². The van der Waals surface area contributed by atoms with E-state index in [1.165, 1.54) is 30.5 Å². The summed E-state index contributed by atoms with van der Waals surface area (Å²) in [6.45, 7) is -0.246. The third-order valence-electron chi connectivity index (χ3n) is 2.83. The van der Waals surface area contributed by atoms with E-state index in [1.54, 1.807) is 0 Å². The van der Waals surface area contributed by atoms with Crippen LogP contribution in [0.3, 0.4) is 0 Å². The zero-order valence-corrected chi connectivity index (χ0v) is 11.6. The molecule has 2 aromatic rings. The van der Waals surface area contributed by atoms with E-state index in [4.69, 9.17) is 11.6 Å². The van der Waals surface area contributed by atoms with E-state index in [9.17, 15) is 19.0 Å². The Hall–Kier alpha value is -1.98. The fourth-order valence-electron chi connectivity index (χ4n) is 1.80. The summed E-state index contributed by atoms with van der Waals surface area (Å²) >= 11 is 5.77. The summed E-state index contributed by atoms with van der Waals surface area (Å²) in [5, 5.41) is 19.8. The lowest BCUT2D eigenvalue weighted by Gasteiger charge is -2.10. The van der Waals surface area contributed by atoms with Crippen LogP contribution in [0.4, 0.5) is 8.78 Å². The number of hydrogen-bond donors (Lipinski definition) is 2. The number of halogens is 3. The molecule has 2 N–H and O–H groups in total. The Balaban J connectivity index is 2.12. The Morgan fingerprint density at radius 1 is 1.19 bits per heavy atom. The second-order valence-corrected chi connectivity index (χ2v) is 4.78. The second kappa shape index (κ2) is 6.65. The minimum absolute atomic E-state index is 0.0327. The van der Waals surface area contributed by atoms with E-state index >= 15 is 0 Å². The third-order valence-corrected chi connectivity index (χ3v) is 3.07. The smallest absolute Gasteiger partial charge is 0.132 e. The molecule has 1 atom stereocenters. The lowest BCUT2D eigenvalue weighted by atomic mass is 10.1. The molecule has 0 aliphatic carbocycles. The summed E-state index contributed by atoms with van der Waals surface area (Å²) in [5.74, 6) is -1.69. The lowest BCUT2D eigenvalue weighted by molar-refractivity contribution is 0.177. The maximum Gasteiger partial charge on any atom is 0.132 e. The van der Waals surface area contributed by atoms with Crippen molar-refractivity contribution in [2.75, 3.05) is 6.54 Å². The third kappa shape index (κ3) is 3.77. The van der Waals surface area contributed by atoms with Crippen LogP contribution >= 0.6 is 11.6 Å². The second-order valence-electron chi connectivity index (χ2n) is 4.35. The summed E-state index contributed by atoms with van der Waals surface area (Å²) in [5.41, 5.74) is -0.0753. The molecule has 21 heavy (non-hydrogen) atoms. The van der Waals surface area contributed by atoms with Crippen LogP contribution in [0.1, 0.15) is 17.2 Å². The number of nitrogens with zero attached hydrogens (tertiary/aromatic N) is 1. The zero-order chi connectivity index (χ0) is 15.4. The number of aromatic hydroxyl groups is 1. The topological polar surface area (TPSA) is 52.8 Å². The van der Waals surface area contributed by atoms with Crippen LogP contribution in [0, 0.1) is 11.6 Å². The molecule has 0 saturated heterocycles. The van der Waals surface area contributed by atoms with E-state index in [1.807, 2.05) is 0 Å². The average molecular weight is 312 g/mol. The van der Waals surface area contributed by atoms with Gasteiger partial charge < -0.3 is 10.2 Å². The van der Waals surface area contributed by atoms with E-state index < -0.39 is 23.3 Å². The minimum Gasteiger partial charge on any atom is -0.507 e. The van der Waals surface area contributed by atoms with Crippen LogP contribution in [0.25, 0.3) is 0 Å². The monoisotopic (exact) mass is 311 g/mol. The van der Waals surface area contributed by atoms with Crippen LogP contribution in [-0.2, 0) is 0 Å². The lowest BCUT2D eigenvalue weighted by Crippen LogP contribution is -2.07. The Kier molecular flexibility index (Phi) is 4.88. The Bertz CT molecular complexity index is 656. The molecule has 0 bridgehead atoms. The van der Waals surface area contributed by atoms with Crippen LogP contribution in [0.5, 0.6) is 5.75 Å². The van der Waals surface area contributed by atoms with Crippen molar-refractivity contribution in [3.63, 3.8) is 0 Å². The van der Waals surface area contributed by atoms with Crippen molar-refractivity contribution in [2.24, 2.45) is 4.99 Å². The molecule has 0 radical (unpaired) electrons. The van der Waals surface area contributed by atoms with Crippen molar-refractivity contribution in [1.82, 2.24) is 0 Å². The van der Waals surface area contributed by atoms with Gasteiger partial charge in [0.05, 0.1) is 12.1 Å². The zero-order valence-electron chi connectivity index (χ0n) is 10.8. The molecule has 1 unspecified atom stereocenters. The van der Waals surface area contributed by atoms with Crippen molar-refractivity contribution >= 4 is 17.8 Å². The van der Waals surface area contributed by atoms with Gasteiger partial charge >= 0.3 is 0 Å². The highest BCUT2D eigenvalue weighted by molar-refractivity contribution is 6.30. The number of aliphatic hydroxyl groups excluding tert-OH is 1. The molecule has 0 amide bonds. The van der Waals surface area contributed by atoms with Gasteiger partial charge in [-0.1, -0.05) is 17.7 Å². The molecule has 110 valence electrons. The number of benzene rings is 2. The molecular formula is C15H12ClF2NO2. The molecule has 2 rings (SSSR count). The van der Waals surface area contributed by atoms with E-state index in [0.29, 0.717) is 10.6 Å². The maximum absolute atomic E-state index is 13.5. The number of aliphatic hydroxyl groups is 1. The molecule has 0 aliphatic heterocycles. The molecule has 0 aromatic heterocycles. The first-order valence-electron chi connectivity index (χ1n) is 6.09. The average Bonchev–Trinajstić information content (AvgIpc) is 2.42. The highest BCUT2D eigenvalue weighted by Gasteiger charge is 2.16. The summed E-state index contributed by atoms with van der Waals surface area (Å²) in [4.78, 5) is 3.88. The number of aliphatic imine (C=N–C) groups is 1.